The second kappa shape index (κ2) is 14.7. The van der Waals surface area contributed by atoms with Crippen molar-refractivity contribution >= 4 is 50.1 Å². The van der Waals surface area contributed by atoms with Crippen molar-refractivity contribution in [2.45, 2.75) is 26.1 Å². The first-order chi connectivity index (χ1) is 19.2. The van der Waals surface area contributed by atoms with Crippen LogP contribution in [0.2, 0.25) is 0 Å². The minimum absolute atomic E-state index is 0.144. The van der Waals surface area contributed by atoms with Crippen molar-refractivity contribution in [1.29, 1.82) is 0 Å². The lowest BCUT2D eigenvalue weighted by molar-refractivity contribution is -0.136. The lowest BCUT2D eigenvalue weighted by atomic mass is 9.95. The van der Waals surface area contributed by atoms with Crippen LogP contribution in [0.5, 0.6) is 17.2 Å². The summed E-state index contributed by atoms with van der Waals surface area (Å²) in [7, 11) is 1.27. The number of aliphatic hydroxyl groups excluding tert-OH is 1. The molecule has 0 radical (unpaired) electrons. The van der Waals surface area contributed by atoms with Crippen LogP contribution in [0.25, 0.3) is 0 Å². The van der Waals surface area contributed by atoms with Crippen molar-refractivity contribution in [3.63, 3.8) is 0 Å². The molecule has 2 amide bonds. The number of esters is 1. The van der Waals surface area contributed by atoms with Gasteiger partial charge in [0, 0.05) is 5.70 Å². The second-order valence-corrected chi connectivity index (χ2v) is 10.0. The minimum atomic E-state index is -1.13. The van der Waals surface area contributed by atoms with E-state index in [-0.39, 0.29) is 12.2 Å². The number of ether oxygens (including phenoxy) is 4. The van der Waals surface area contributed by atoms with Crippen molar-refractivity contribution in [3.8, 4) is 17.2 Å². The van der Waals surface area contributed by atoms with Crippen LogP contribution in [-0.2, 0) is 9.53 Å². The monoisotopic (exact) mass is 680 g/mol. The average Bonchev–Trinajstić information content (AvgIpc) is 2.91. The van der Waals surface area contributed by atoms with Gasteiger partial charge < -0.3 is 34.7 Å². The van der Waals surface area contributed by atoms with Crippen molar-refractivity contribution in [1.82, 2.24) is 16.1 Å². The van der Waals surface area contributed by atoms with Gasteiger partial charge in [-0.25, -0.2) is 9.59 Å². The molecular formula is C27H30Br2N4O7. The van der Waals surface area contributed by atoms with Gasteiger partial charge in [0.05, 0.1) is 40.5 Å². The predicted molar refractivity (Wildman–Crippen MR) is 157 cm³/mol. The van der Waals surface area contributed by atoms with Gasteiger partial charge in [0.2, 0.25) is 0 Å². The number of aliphatic hydroxyl groups is 1. The third-order valence-corrected chi connectivity index (χ3v) is 6.65. The molecule has 1 aliphatic heterocycles. The van der Waals surface area contributed by atoms with Crippen molar-refractivity contribution in [2.24, 2.45) is 5.10 Å². The molecule has 0 unspecified atom stereocenters. The fourth-order valence-corrected chi connectivity index (χ4v) is 5.20. The first-order valence-electron chi connectivity index (χ1n) is 12.1. The van der Waals surface area contributed by atoms with Crippen LogP contribution >= 0.6 is 31.9 Å². The summed E-state index contributed by atoms with van der Waals surface area (Å²) in [6, 6.07) is 7.45. The highest BCUT2D eigenvalue weighted by atomic mass is 79.9. The zero-order valence-corrected chi connectivity index (χ0v) is 25.3. The Labute approximate surface area is 248 Å². The highest BCUT2D eigenvalue weighted by molar-refractivity contribution is 9.11. The molecule has 214 valence electrons. The zero-order chi connectivity index (χ0) is 29.2. The van der Waals surface area contributed by atoms with Crippen LogP contribution in [0.3, 0.4) is 0 Å². The maximum absolute atomic E-state index is 12.4. The first kappa shape index (κ1) is 31.0. The molecule has 0 aliphatic carbocycles. The van der Waals surface area contributed by atoms with Crippen LogP contribution in [0.4, 0.5) is 4.79 Å². The fourth-order valence-electron chi connectivity index (χ4n) is 3.75. The van der Waals surface area contributed by atoms with Crippen LogP contribution in [0.15, 0.2) is 68.3 Å². The minimum Gasteiger partial charge on any atom is -0.490 e. The quantitative estimate of drug-likeness (QED) is 0.0807. The van der Waals surface area contributed by atoms with Crippen molar-refractivity contribution in [2.75, 3.05) is 26.9 Å². The molecule has 4 N–H and O–H groups in total. The summed E-state index contributed by atoms with van der Waals surface area (Å²) in [5, 5.41) is 19.7. The van der Waals surface area contributed by atoms with Gasteiger partial charge in [0.15, 0.2) is 17.7 Å². The summed E-state index contributed by atoms with van der Waals surface area (Å²) in [4.78, 5) is 24.5. The summed E-state index contributed by atoms with van der Waals surface area (Å²) in [6.45, 7) is 7.64. The molecule has 0 aromatic heterocycles. The molecule has 3 rings (SSSR count). The molecule has 1 aliphatic rings. The standard InChI is InChI=1S/C27H30Br2N4O7/c1-5-9-39-25-18(28)10-16(11-19(25)29)13-30-33-22(34)14-40-20-8-7-17(12-21(20)38-6-2)24-23(26(35)37-4)15(3)31-27(36)32-24/h5,7-8,10-13,22,24,33-34H,1,6,9,14H2,2-4H3,(H2,31,32,36)/b30-13+/t22-,24+/m0/s1. The maximum Gasteiger partial charge on any atom is 0.337 e. The molecule has 0 saturated heterocycles. The summed E-state index contributed by atoms with van der Waals surface area (Å²) in [5.41, 5.74) is 4.62. The van der Waals surface area contributed by atoms with Crippen molar-refractivity contribution < 1.29 is 33.6 Å². The van der Waals surface area contributed by atoms with E-state index in [9.17, 15) is 14.7 Å². The summed E-state index contributed by atoms with van der Waals surface area (Å²) >= 11 is 6.94. The normalized spacial score (nSPS) is 15.7. The number of allylic oxidation sites excluding steroid dienone is 1. The maximum atomic E-state index is 12.4. The van der Waals surface area contributed by atoms with Crippen molar-refractivity contribution in [3.05, 3.63) is 74.3 Å². The molecule has 2 aromatic carbocycles. The first-order valence-corrected chi connectivity index (χ1v) is 13.7. The number of hydrazone groups is 1. The third kappa shape index (κ3) is 7.99. The molecule has 2 atom stereocenters. The molecule has 2 aromatic rings. The van der Waals surface area contributed by atoms with Gasteiger partial charge >= 0.3 is 12.0 Å². The molecule has 0 bridgehead atoms. The Kier molecular flexibility index (Phi) is 11.4. The van der Waals surface area contributed by atoms with Crippen LogP contribution in [0.1, 0.15) is 31.0 Å². The molecule has 40 heavy (non-hydrogen) atoms. The number of hydrogen-bond donors (Lipinski definition) is 4. The van der Waals surface area contributed by atoms with E-state index in [0.717, 1.165) is 14.5 Å². The van der Waals surface area contributed by atoms with E-state index < -0.39 is 24.3 Å². The molecule has 0 fully saturated rings. The Morgan fingerprint density at radius 2 is 1.93 bits per heavy atom. The predicted octanol–water partition coefficient (Wildman–Crippen LogP) is 4.30. The second-order valence-electron chi connectivity index (χ2n) is 8.33. The van der Waals surface area contributed by atoms with Gasteiger partial charge in [-0.05, 0) is 81.1 Å². The number of halogens is 2. The number of hydrogen-bond acceptors (Lipinski definition) is 9. The van der Waals surface area contributed by atoms with E-state index in [1.165, 1.54) is 13.3 Å². The summed E-state index contributed by atoms with van der Waals surface area (Å²) < 4.78 is 23.5. The molecule has 1 heterocycles. The molecule has 11 nitrogen and oxygen atoms in total. The topological polar surface area (TPSA) is 140 Å². The Morgan fingerprint density at radius 1 is 1.20 bits per heavy atom. The van der Waals surface area contributed by atoms with E-state index in [1.54, 1.807) is 31.2 Å². The number of nitrogens with one attached hydrogen (secondary N) is 3. The van der Waals surface area contributed by atoms with E-state index in [2.05, 4.69) is 59.6 Å². The smallest absolute Gasteiger partial charge is 0.337 e. The number of nitrogens with zero attached hydrogens (tertiary/aromatic N) is 1. The third-order valence-electron chi connectivity index (χ3n) is 5.48. The Hall–Kier alpha value is -3.55. The fraction of sp³-hybridized carbons (Fsp3) is 0.296. The number of amides is 2. The average molecular weight is 682 g/mol. The number of carbonyl (C=O) groups is 2. The molecular weight excluding hydrogens is 652 g/mol. The van der Waals surface area contributed by atoms with Crippen LogP contribution in [-0.4, -0.2) is 56.5 Å². The zero-order valence-electron chi connectivity index (χ0n) is 22.1. The molecule has 0 spiro atoms. The Bertz CT molecular complexity index is 1290. The van der Waals surface area contributed by atoms with Gasteiger partial charge in [-0.15, -0.1) is 0 Å². The number of benzene rings is 2. The van der Waals surface area contributed by atoms with Crippen LogP contribution in [0, 0.1) is 0 Å². The Balaban J connectivity index is 1.68. The lowest BCUT2D eigenvalue weighted by Gasteiger charge is -2.28. The number of carbonyl (C=O) groups excluding carboxylic acids is 2. The van der Waals surface area contributed by atoms with Gasteiger partial charge in [-0.2, -0.15) is 5.10 Å². The Morgan fingerprint density at radius 3 is 2.58 bits per heavy atom. The van der Waals surface area contributed by atoms with Gasteiger partial charge in [0.25, 0.3) is 0 Å². The van der Waals surface area contributed by atoms with E-state index >= 15 is 0 Å². The van der Waals surface area contributed by atoms with Gasteiger partial charge in [-0.3, -0.25) is 5.43 Å². The van der Waals surface area contributed by atoms with E-state index in [0.29, 0.717) is 41.7 Å². The van der Waals surface area contributed by atoms with E-state index in [4.69, 9.17) is 18.9 Å². The molecule has 13 heteroatoms. The highest BCUT2D eigenvalue weighted by Gasteiger charge is 2.32. The molecule has 0 saturated carbocycles. The summed E-state index contributed by atoms with van der Waals surface area (Å²) in [5.74, 6) is 0.808. The SMILES string of the molecule is C=CCOc1c(Br)cc(/C=N/N[C@@H](O)COc2ccc([C@H]3NC(=O)NC(C)=C3C(=O)OC)cc2OCC)cc1Br. The van der Waals surface area contributed by atoms with Crippen LogP contribution < -0.4 is 30.3 Å². The number of rotatable bonds is 13. The lowest BCUT2D eigenvalue weighted by Crippen LogP contribution is -2.45. The number of methoxy groups -OCH3 is 1. The summed E-state index contributed by atoms with van der Waals surface area (Å²) in [6.07, 6.45) is 2.06. The number of urea groups is 1. The highest BCUT2D eigenvalue weighted by Crippen LogP contribution is 2.36. The van der Waals surface area contributed by atoms with Gasteiger partial charge in [0.1, 0.15) is 19.0 Å². The van der Waals surface area contributed by atoms with E-state index in [1.807, 2.05) is 19.1 Å². The van der Waals surface area contributed by atoms with Gasteiger partial charge in [-0.1, -0.05) is 18.7 Å². The largest absolute Gasteiger partial charge is 0.490 e.